The Labute approximate surface area is 204 Å². The smallest absolute Gasteiger partial charge is 0.399 e. The summed E-state index contributed by atoms with van der Waals surface area (Å²) in [5, 5.41) is 7.19. The number of nitrogens with one attached hydrogen (secondary N) is 1. The Morgan fingerprint density at radius 1 is 0.972 bits per heavy atom. The number of nitrogen functional groups attached to an aromatic ring is 1. The van der Waals surface area contributed by atoms with Crippen molar-refractivity contribution in [2.24, 2.45) is 0 Å². The summed E-state index contributed by atoms with van der Waals surface area (Å²) in [5.41, 5.74) is 9.89. The van der Waals surface area contributed by atoms with Crippen molar-refractivity contribution >= 4 is 22.9 Å². The van der Waals surface area contributed by atoms with Gasteiger partial charge in [0, 0.05) is 34.3 Å². The maximum Gasteiger partial charge on any atom is 0.416 e. The van der Waals surface area contributed by atoms with Crippen molar-refractivity contribution in [3.63, 3.8) is 0 Å². The zero-order valence-electron chi connectivity index (χ0n) is 19.0. The summed E-state index contributed by atoms with van der Waals surface area (Å²) in [5.74, 6) is -0.637. The molecule has 1 amide bonds. The lowest BCUT2D eigenvalue weighted by molar-refractivity contribution is -0.138. The zero-order chi connectivity index (χ0) is 25.4. The van der Waals surface area contributed by atoms with Gasteiger partial charge >= 0.3 is 6.18 Å². The number of carbonyl (C=O) groups excluding carboxylic acids is 1. The van der Waals surface area contributed by atoms with Crippen molar-refractivity contribution < 1.29 is 18.0 Å². The first-order chi connectivity index (χ1) is 17.2. The van der Waals surface area contributed by atoms with E-state index in [1.54, 1.807) is 53.3 Å². The minimum absolute atomic E-state index is 0.0558. The maximum atomic E-state index is 13.3. The SMILES string of the molecule is Cc1ccc(C(=O)Nc2cccc(-c3ccnc4c(-c5ccc(N)cc5)cnn34)c2)cc1C(F)(F)F. The molecule has 0 spiro atoms. The van der Waals surface area contributed by atoms with E-state index in [0.29, 0.717) is 17.0 Å². The topological polar surface area (TPSA) is 85.3 Å². The van der Waals surface area contributed by atoms with Gasteiger partial charge in [-0.2, -0.15) is 18.3 Å². The summed E-state index contributed by atoms with van der Waals surface area (Å²) in [6.07, 6.45) is -1.15. The summed E-state index contributed by atoms with van der Waals surface area (Å²) in [4.78, 5) is 17.2. The molecule has 0 fully saturated rings. The van der Waals surface area contributed by atoms with Crippen LogP contribution in [0.25, 0.3) is 28.0 Å². The Morgan fingerprint density at radius 3 is 2.50 bits per heavy atom. The van der Waals surface area contributed by atoms with Crippen LogP contribution in [0.1, 0.15) is 21.5 Å². The summed E-state index contributed by atoms with van der Waals surface area (Å²) < 4.78 is 41.5. The highest BCUT2D eigenvalue weighted by Gasteiger charge is 2.33. The molecule has 0 bridgehead atoms. The van der Waals surface area contributed by atoms with Gasteiger partial charge in [-0.1, -0.05) is 30.3 Å². The van der Waals surface area contributed by atoms with Crippen LogP contribution in [0.4, 0.5) is 24.5 Å². The number of nitrogens with zero attached hydrogens (tertiary/aromatic N) is 3. The third-order valence-corrected chi connectivity index (χ3v) is 5.84. The second kappa shape index (κ2) is 8.84. The normalized spacial score (nSPS) is 11.6. The molecule has 9 heteroatoms. The molecule has 6 nitrogen and oxygen atoms in total. The van der Waals surface area contributed by atoms with Gasteiger partial charge in [-0.25, -0.2) is 9.50 Å². The van der Waals surface area contributed by atoms with Gasteiger partial charge in [-0.3, -0.25) is 4.79 Å². The van der Waals surface area contributed by atoms with Crippen molar-refractivity contribution in [2.75, 3.05) is 11.1 Å². The van der Waals surface area contributed by atoms with Crippen LogP contribution in [0.15, 0.2) is 85.2 Å². The summed E-state index contributed by atoms with van der Waals surface area (Å²) in [7, 11) is 0. The molecule has 5 rings (SSSR count). The van der Waals surface area contributed by atoms with Crippen molar-refractivity contribution in [1.82, 2.24) is 14.6 Å². The minimum Gasteiger partial charge on any atom is -0.399 e. The predicted octanol–water partition coefficient (Wildman–Crippen LogP) is 6.23. The molecule has 0 saturated heterocycles. The van der Waals surface area contributed by atoms with Crippen LogP contribution in [-0.2, 0) is 6.18 Å². The van der Waals surface area contributed by atoms with E-state index in [1.807, 2.05) is 18.2 Å². The maximum absolute atomic E-state index is 13.3. The average Bonchev–Trinajstić information content (AvgIpc) is 3.28. The summed E-state index contributed by atoms with van der Waals surface area (Å²) >= 11 is 0. The van der Waals surface area contributed by atoms with Crippen LogP contribution in [0.5, 0.6) is 0 Å². The van der Waals surface area contributed by atoms with Crippen molar-refractivity contribution in [3.05, 3.63) is 102 Å². The first-order valence-corrected chi connectivity index (χ1v) is 11.0. The van der Waals surface area contributed by atoms with Crippen LogP contribution >= 0.6 is 0 Å². The predicted molar refractivity (Wildman–Crippen MR) is 132 cm³/mol. The molecule has 0 atom stereocenters. The number of halogens is 3. The van der Waals surface area contributed by atoms with Crippen molar-refractivity contribution in [1.29, 1.82) is 0 Å². The van der Waals surface area contributed by atoms with Crippen LogP contribution in [0.2, 0.25) is 0 Å². The summed E-state index contributed by atoms with van der Waals surface area (Å²) in [6.45, 7) is 1.36. The molecule has 0 aliphatic rings. The molecule has 3 N–H and O–H groups in total. The molecule has 0 aliphatic heterocycles. The number of nitrogens with two attached hydrogens (primary N) is 1. The molecule has 0 saturated carbocycles. The molecule has 36 heavy (non-hydrogen) atoms. The molecule has 0 aliphatic carbocycles. The molecule has 2 aromatic heterocycles. The van der Waals surface area contributed by atoms with Gasteiger partial charge in [0.1, 0.15) is 0 Å². The molecular formula is C27H20F3N5O. The minimum atomic E-state index is -4.54. The fraction of sp³-hybridized carbons (Fsp3) is 0.0741. The molecule has 0 radical (unpaired) electrons. The van der Waals surface area contributed by atoms with Crippen LogP contribution in [0.3, 0.4) is 0 Å². The van der Waals surface area contributed by atoms with E-state index in [9.17, 15) is 18.0 Å². The molecule has 3 aromatic carbocycles. The fourth-order valence-corrected chi connectivity index (χ4v) is 4.00. The Bertz CT molecular complexity index is 1590. The highest BCUT2D eigenvalue weighted by atomic mass is 19.4. The second-order valence-corrected chi connectivity index (χ2v) is 8.31. The van der Waals surface area contributed by atoms with Gasteiger partial charge < -0.3 is 11.1 Å². The highest BCUT2D eigenvalue weighted by molar-refractivity contribution is 6.04. The van der Waals surface area contributed by atoms with E-state index in [-0.39, 0.29) is 11.1 Å². The van der Waals surface area contributed by atoms with Crippen molar-refractivity contribution in [2.45, 2.75) is 13.1 Å². The quantitative estimate of drug-likeness (QED) is 0.295. The fourth-order valence-electron chi connectivity index (χ4n) is 4.00. The number of alkyl halides is 3. The largest absolute Gasteiger partial charge is 0.416 e. The molecule has 2 heterocycles. The first-order valence-electron chi connectivity index (χ1n) is 11.0. The highest BCUT2D eigenvalue weighted by Crippen LogP contribution is 2.33. The lowest BCUT2D eigenvalue weighted by Crippen LogP contribution is -2.15. The van der Waals surface area contributed by atoms with Gasteiger partial charge in [-0.05, 0) is 60.5 Å². The first kappa shape index (κ1) is 23.1. The Balaban J connectivity index is 1.46. The Hall–Kier alpha value is -4.66. The number of hydrogen-bond acceptors (Lipinski definition) is 4. The van der Waals surface area contributed by atoms with Crippen molar-refractivity contribution in [3.8, 4) is 22.4 Å². The molecule has 5 aromatic rings. The second-order valence-electron chi connectivity index (χ2n) is 8.31. The molecule has 180 valence electrons. The van der Waals surface area contributed by atoms with E-state index in [0.717, 1.165) is 28.5 Å². The van der Waals surface area contributed by atoms with E-state index in [4.69, 9.17) is 5.73 Å². The molecule has 0 unspecified atom stereocenters. The third-order valence-electron chi connectivity index (χ3n) is 5.84. The lowest BCUT2D eigenvalue weighted by atomic mass is 10.0. The number of hydrogen-bond donors (Lipinski definition) is 2. The lowest BCUT2D eigenvalue weighted by Gasteiger charge is -2.13. The van der Waals surface area contributed by atoms with Gasteiger partial charge in [0.05, 0.1) is 17.5 Å². The summed E-state index contributed by atoms with van der Waals surface area (Å²) in [6, 6.07) is 19.7. The monoisotopic (exact) mass is 487 g/mol. The van der Waals surface area contributed by atoms with Crippen LogP contribution in [-0.4, -0.2) is 20.5 Å². The number of aromatic nitrogens is 3. The number of rotatable bonds is 4. The van der Waals surface area contributed by atoms with E-state index >= 15 is 0 Å². The van der Waals surface area contributed by atoms with E-state index < -0.39 is 17.6 Å². The number of fused-ring (bicyclic) bond motifs is 1. The molecular weight excluding hydrogens is 467 g/mol. The Kier molecular flexibility index (Phi) is 5.68. The Morgan fingerprint density at radius 2 is 1.75 bits per heavy atom. The standard InChI is InChI=1S/C27H20F3N5O/c1-16-5-6-19(14-23(16)27(28,29)30)26(36)34-21-4-2-3-18(13-21)24-11-12-32-25-22(15-33-35(24)25)17-7-9-20(31)10-8-17/h2-15H,31H2,1H3,(H,34,36). The van der Waals surface area contributed by atoms with Crippen LogP contribution in [0, 0.1) is 6.92 Å². The number of anilines is 2. The van der Waals surface area contributed by atoms with E-state index in [2.05, 4.69) is 15.4 Å². The van der Waals surface area contributed by atoms with Gasteiger partial charge in [-0.15, -0.1) is 0 Å². The van der Waals surface area contributed by atoms with Gasteiger partial charge in [0.25, 0.3) is 5.91 Å². The average molecular weight is 487 g/mol. The number of aryl methyl sites for hydroxylation is 1. The van der Waals surface area contributed by atoms with Gasteiger partial charge in [0.2, 0.25) is 0 Å². The van der Waals surface area contributed by atoms with Crippen LogP contribution < -0.4 is 11.1 Å². The number of carbonyl (C=O) groups is 1. The number of amides is 1. The third kappa shape index (κ3) is 4.38. The van der Waals surface area contributed by atoms with E-state index in [1.165, 1.54) is 19.1 Å². The van der Waals surface area contributed by atoms with Gasteiger partial charge in [0.15, 0.2) is 5.65 Å². The number of benzene rings is 3. The zero-order valence-corrected chi connectivity index (χ0v) is 19.0.